The zero-order valence-electron chi connectivity index (χ0n) is 26.5. The predicted octanol–water partition coefficient (Wildman–Crippen LogP) is 9.43. The number of methoxy groups -OCH3 is 1. The third-order valence-corrected chi connectivity index (χ3v) is 9.95. The summed E-state index contributed by atoms with van der Waals surface area (Å²) in [6.07, 6.45) is -3.96. The summed E-state index contributed by atoms with van der Waals surface area (Å²) < 4.78 is 108. The zero-order valence-corrected chi connectivity index (χ0v) is 27.5. The van der Waals surface area contributed by atoms with E-state index in [1.165, 1.54) is 19.2 Å². The molecule has 1 aliphatic carbocycles. The Morgan fingerprint density at radius 2 is 1.43 bits per heavy atom. The summed E-state index contributed by atoms with van der Waals surface area (Å²) in [7, 11) is -0.0875. The highest BCUT2D eigenvalue weighted by atomic mass is 28.3. The number of ether oxygens (including phenoxy) is 4. The zero-order chi connectivity index (χ0) is 33.6. The second-order valence-corrected chi connectivity index (χ2v) is 18.4. The van der Waals surface area contributed by atoms with Crippen molar-refractivity contribution in [3.63, 3.8) is 0 Å². The summed E-state index contributed by atoms with van der Waals surface area (Å²) in [5.74, 6) is 0.641. The highest BCUT2D eigenvalue weighted by Gasteiger charge is 2.73. The van der Waals surface area contributed by atoms with Crippen LogP contribution in [0.2, 0.25) is 25.7 Å². The molecular weight excluding hydrogens is 628 g/mol. The van der Waals surface area contributed by atoms with Gasteiger partial charge in [-0.1, -0.05) is 50.0 Å². The Hall–Kier alpha value is -3.09. The van der Waals surface area contributed by atoms with E-state index in [1.807, 2.05) is 43.9 Å². The molecular formula is C34H41F6NO4Si. The molecule has 1 saturated carbocycles. The Morgan fingerprint density at radius 3 is 2.00 bits per heavy atom. The van der Waals surface area contributed by atoms with Crippen molar-refractivity contribution in [2.75, 3.05) is 20.5 Å². The van der Waals surface area contributed by atoms with E-state index < -0.39 is 44.3 Å². The molecule has 252 valence electrons. The molecule has 5 nitrogen and oxygen atoms in total. The number of hydrogen-bond acceptors (Lipinski definition) is 5. The van der Waals surface area contributed by atoms with Crippen LogP contribution in [0, 0.1) is 0 Å². The number of halogens is 6. The fourth-order valence-corrected chi connectivity index (χ4v) is 6.38. The lowest BCUT2D eigenvalue weighted by Crippen LogP contribution is -2.56. The Balaban J connectivity index is 1.71. The maximum atomic E-state index is 14.4. The summed E-state index contributed by atoms with van der Waals surface area (Å²) in [4.78, 5) is 4.05. The quantitative estimate of drug-likeness (QED) is 0.0741. The minimum Gasteiger partial charge on any atom is -0.493 e. The molecule has 4 rings (SSSR count). The number of benzene rings is 2. The predicted molar refractivity (Wildman–Crippen MR) is 166 cm³/mol. The van der Waals surface area contributed by atoms with Gasteiger partial charge < -0.3 is 18.9 Å². The topological polar surface area (TPSA) is 49.8 Å². The largest absolute Gasteiger partial charge is 0.493 e. The number of alkyl halides is 6. The van der Waals surface area contributed by atoms with E-state index in [2.05, 4.69) is 9.72 Å². The fraction of sp³-hybridized carbons (Fsp3) is 0.500. The number of aromatic nitrogens is 1. The smallest absolute Gasteiger partial charge is 0.430 e. The molecule has 0 aliphatic heterocycles. The van der Waals surface area contributed by atoms with Gasteiger partial charge in [-0.2, -0.15) is 26.3 Å². The summed E-state index contributed by atoms with van der Waals surface area (Å²) >= 11 is 0. The van der Waals surface area contributed by atoms with Crippen molar-refractivity contribution in [2.24, 2.45) is 0 Å². The van der Waals surface area contributed by atoms with Gasteiger partial charge in [0.15, 0.2) is 11.5 Å². The third-order valence-electron chi connectivity index (χ3n) is 8.25. The Kier molecular flexibility index (Phi) is 11.5. The lowest BCUT2D eigenvalue weighted by Gasteiger charge is -2.37. The first-order valence-corrected chi connectivity index (χ1v) is 19.0. The summed E-state index contributed by atoms with van der Waals surface area (Å²) in [6, 6.07) is 13.9. The molecule has 1 heterocycles. The first-order chi connectivity index (χ1) is 21.6. The minimum absolute atomic E-state index is 0.00541. The standard InChI is InChI=1S/C34H41F6NO4Si/c1-42-30-14-11-26(22-31(30)45-28-7-5-6-8-28)29(21-24-15-17-41-18-16-24)25-9-12-27(13-10-25)32(33(35,36)37,34(38,39)40)44-23-43-19-20-46(2,3)4/h9-18,22,28-29H,5-8,19-21,23H2,1-4H3/t29-/m1/s1. The monoisotopic (exact) mass is 669 g/mol. The van der Waals surface area contributed by atoms with Gasteiger partial charge in [0.1, 0.15) is 6.79 Å². The molecule has 0 amide bonds. The van der Waals surface area contributed by atoms with Gasteiger partial charge in [0.05, 0.1) is 13.2 Å². The number of pyridine rings is 1. The van der Waals surface area contributed by atoms with Gasteiger partial charge in [0.2, 0.25) is 0 Å². The van der Waals surface area contributed by atoms with Crippen molar-refractivity contribution in [2.45, 2.75) is 87.8 Å². The average molecular weight is 670 g/mol. The number of rotatable bonds is 14. The molecule has 0 radical (unpaired) electrons. The Labute approximate surface area is 267 Å². The van der Waals surface area contributed by atoms with E-state index in [4.69, 9.17) is 14.2 Å². The highest BCUT2D eigenvalue weighted by molar-refractivity contribution is 6.76. The first kappa shape index (κ1) is 35.8. The highest BCUT2D eigenvalue weighted by Crippen LogP contribution is 2.53. The molecule has 3 aromatic rings. The molecule has 1 fully saturated rings. The van der Waals surface area contributed by atoms with Gasteiger partial charge in [0, 0.05) is 38.6 Å². The van der Waals surface area contributed by atoms with Gasteiger partial charge in [0.25, 0.3) is 5.60 Å². The molecule has 0 spiro atoms. The normalized spacial score (nSPS) is 15.6. The maximum absolute atomic E-state index is 14.4. The van der Waals surface area contributed by atoms with Crippen LogP contribution >= 0.6 is 0 Å². The molecule has 0 N–H and O–H groups in total. The number of nitrogens with zero attached hydrogens (tertiary/aromatic N) is 1. The molecule has 0 saturated heterocycles. The van der Waals surface area contributed by atoms with Crippen LogP contribution in [-0.4, -0.2) is 52.0 Å². The SMILES string of the molecule is COc1ccc([C@H](Cc2ccncc2)c2ccc(C(OCOCC[Si](C)(C)C)(C(F)(F)F)C(F)(F)F)cc2)cc1OC1CCCC1. The molecule has 46 heavy (non-hydrogen) atoms. The van der Waals surface area contributed by atoms with Gasteiger partial charge in [-0.15, -0.1) is 0 Å². The minimum atomic E-state index is -5.81. The van der Waals surface area contributed by atoms with Crippen molar-refractivity contribution in [3.8, 4) is 11.5 Å². The molecule has 1 atom stereocenters. The van der Waals surface area contributed by atoms with Crippen molar-refractivity contribution in [3.05, 3.63) is 89.2 Å². The Morgan fingerprint density at radius 1 is 0.826 bits per heavy atom. The second kappa shape index (κ2) is 14.8. The molecule has 0 unspecified atom stereocenters. The van der Waals surface area contributed by atoms with Gasteiger partial charge in [-0.3, -0.25) is 4.98 Å². The van der Waals surface area contributed by atoms with E-state index >= 15 is 0 Å². The summed E-state index contributed by atoms with van der Waals surface area (Å²) in [5, 5.41) is 0. The fourth-order valence-electron chi connectivity index (χ4n) is 5.62. The molecule has 12 heteroatoms. The third kappa shape index (κ3) is 8.63. The molecule has 2 aromatic carbocycles. The van der Waals surface area contributed by atoms with Crippen LogP contribution in [0.25, 0.3) is 0 Å². The van der Waals surface area contributed by atoms with Crippen molar-refractivity contribution < 1.29 is 45.3 Å². The lowest BCUT2D eigenvalue weighted by atomic mass is 9.84. The van der Waals surface area contributed by atoms with Crippen molar-refractivity contribution >= 4 is 8.07 Å². The van der Waals surface area contributed by atoms with Crippen LogP contribution in [0.4, 0.5) is 26.3 Å². The van der Waals surface area contributed by atoms with Crippen LogP contribution in [0.1, 0.15) is 53.9 Å². The average Bonchev–Trinajstić information content (AvgIpc) is 3.50. The van der Waals surface area contributed by atoms with E-state index in [0.29, 0.717) is 29.5 Å². The summed E-state index contributed by atoms with van der Waals surface area (Å²) in [5.41, 5.74) is -3.48. The second-order valence-electron chi connectivity index (χ2n) is 12.8. The van der Waals surface area contributed by atoms with E-state index in [0.717, 1.165) is 48.9 Å². The molecule has 1 aromatic heterocycles. The van der Waals surface area contributed by atoms with Gasteiger partial charge in [-0.25, -0.2) is 0 Å². The van der Waals surface area contributed by atoms with Crippen LogP contribution in [0.3, 0.4) is 0 Å². The van der Waals surface area contributed by atoms with E-state index in [-0.39, 0.29) is 12.7 Å². The maximum Gasteiger partial charge on any atom is 0.430 e. The van der Waals surface area contributed by atoms with Crippen molar-refractivity contribution in [1.82, 2.24) is 4.98 Å². The van der Waals surface area contributed by atoms with E-state index in [1.54, 1.807) is 18.5 Å². The first-order valence-electron chi connectivity index (χ1n) is 15.3. The molecule has 0 bridgehead atoms. The lowest BCUT2D eigenvalue weighted by molar-refractivity contribution is -0.401. The summed E-state index contributed by atoms with van der Waals surface area (Å²) in [6.45, 7) is 4.90. The molecule has 1 aliphatic rings. The number of hydrogen-bond donors (Lipinski definition) is 0. The van der Waals surface area contributed by atoms with Crippen LogP contribution < -0.4 is 9.47 Å². The van der Waals surface area contributed by atoms with Crippen LogP contribution in [0.15, 0.2) is 67.0 Å². The van der Waals surface area contributed by atoms with Crippen LogP contribution in [-0.2, 0) is 21.5 Å². The van der Waals surface area contributed by atoms with Crippen molar-refractivity contribution in [1.29, 1.82) is 0 Å². The van der Waals surface area contributed by atoms with Gasteiger partial charge >= 0.3 is 12.4 Å². The van der Waals surface area contributed by atoms with Gasteiger partial charge in [-0.05, 0) is 79.1 Å². The van der Waals surface area contributed by atoms with Crippen LogP contribution in [0.5, 0.6) is 11.5 Å². The Bertz CT molecular complexity index is 1370. The van der Waals surface area contributed by atoms with E-state index in [9.17, 15) is 26.3 Å².